The van der Waals surface area contributed by atoms with Crippen LogP contribution in [0, 0.1) is 0 Å². The quantitative estimate of drug-likeness (QED) is 0.743. The van der Waals surface area contributed by atoms with Crippen molar-refractivity contribution < 1.29 is 10.2 Å². The van der Waals surface area contributed by atoms with Gasteiger partial charge in [0.25, 0.3) is 0 Å². The van der Waals surface area contributed by atoms with Crippen LogP contribution in [0.2, 0.25) is 0 Å². The Morgan fingerprint density at radius 1 is 1.25 bits per heavy atom. The molecule has 2 nitrogen and oxygen atoms in total. The molecule has 1 aromatic carbocycles. The van der Waals surface area contributed by atoms with Crippen LogP contribution in [0.1, 0.15) is 12.0 Å². The van der Waals surface area contributed by atoms with Crippen LogP contribution in [-0.4, -0.2) is 10.2 Å². The van der Waals surface area contributed by atoms with E-state index in [1.807, 2.05) is 30.4 Å². The van der Waals surface area contributed by atoms with Gasteiger partial charge in [0.1, 0.15) is 11.5 Å². The van der Waals surface area contributed by atoms with Crippen LogP contribution in [-0.2, 0) is 5.41 Å². The third-order valence-corrected chi connectivity index (χ3v) is 2.94. The minimum Gasteiger partial charge on any atom is -0.508 e. The Morgan fingerprint density at radius 2 is 2.06 bits per heavy atom. The first kappa shape index (κ1) is 10.6. The van der Waals surface area contributed by atoms with Crippen LogP contribution in [0.25, 0.3) is 0 Å². The number of hydrogen-bond donors (Lipinski definition) is 2. The third kappa shape index (κ3) is 1.63. The van der Waals surface area contributed by atoms with Crippen molar-refractivity contribution in [3.63, 3.8) is 0 Å². The summed E-state index contributed by atoms with van der Waals surface area (Å²) in [6.07, 6.45) is 10.5. The molecule has 0 fully saturated rings. The Balaban J connectivity index is 2.52. The van der Waals surface area contributed by atoms with Crippen molar-refractivity contribution in [3.05, 3.63) is 60.7 Å². The van der Waals surface area contributed by atoms with Crippen molar-refractivity contribution in [2.24, 2.45) is 0 Å². The lowest BCUT2D eigenvalue weighted by molar-refractivity contribution is 0.438. The lowest BCUT2D eigenvalue weighted by Crippen LogP contribution is -2.20. The van der Waals surface area contributed by atoms with Crippen LogP contribution in [0.3, 0.4) is 0 Å². The zero-order chi connectivity index (χ0) is 11.6. The highest BCUT2D eigenvalue weighted by atomic mass is 16.3. The maximum atomic E-state index is 9.87. The summed E-state index contributed by atoms with van der Waals surface area (Å²) in [5.74, 6) is 0.163. The van der Waals surface area contributed by atoms with E-state index in [0.717, 1.165) is 12.0 Å². The first-order valence-electron chi connectivity index (χ1n) is 5.18. The Labute approximate surface area is 94.9 Å². The monoisotopic (exact) mass is 214 g/mol. The number of phenols is 2. The summed E-state index contributed by atoms with van der Waals surface area (Å²) < 4.78 is 0. The molecule has 0 heterocycles. The van der Waals surface area contributed by atoms with Crippen molar-refractivity contribution in [3.8, 4) is 11.5 Å². The number of aromatic hydroxyl groups is 2. The molecule has 0 spiro atoms. The average Bonchev–Trinajstić information content (AvgIpc) is 2.30. The van der Waals surface area contributed by atoms with Crippen molar-refractivity contribution in [1.29, 1.82) is 0 Å². The molecule has 1 aromatic rings. The van der Waals surface area contributed by atoms with E-state index in [-0.39, 0.29) is 16.9 Å². The summed E-state index contributed by atoms with van der Waals surface area (Å²) in [7, 11) is 0. The molecule has 2 rings (SSSR count). The highest BCUT2D eigenvalue weighted by molar-refractivity contribution is 5.50. The Bertz CT molecular complexity index is 472. The number of rotatable bonds is 2. The lowest BCUT2D eigenvalue weighted by Gasteiger charge is -2.28. The zero-order valence-corrected chi connectivity index (χ0v) is 8.93. The van der Waals surface area contributed by atoms with Crippen molar-refractivity contribution in [2.45, 2.75) is 11.8 Å². The molecule has 1 atom stereocenters. The predicted molar refractivity (Wildman–Crippen MR) is 64.5 cm³/mol. The molecule has 2 heteroatoms. The molecule has 0 saturated carbocycles. The molecule has 1 aliphatic rings. The normalized spacial score (nSPS) is 23.2. The second-order valence-electron chi connectivity index (χ2n) is 3.94. The summed E-state index contributed by atoms with van der Waals surface area (Å²) in [4.78, 5) is 0. The van der Waals surface area contributed by atoms with E-state index in [9.17, 15) is 10.2 Å². The average molecular weight is 214 g/mol. The molecule has 16 heavy (non-hydrogen) atoms. The van der Waals surface area contributed by atoms with Crippen LogP contribution in [0.4, 0.5) is 0 Å². The van der Waals surface area contributed by atoms with Gasteiger partial charge in [-0.2, -0.15) is 0 Å². The molecule has 0 amide bonds. The molecular weight excluding hydrogens is 200 g/mol. The van der Waals surface area contributed by atoms with Crippen molar-refractivity contribution in [2.75, 3.05) is 0 Å². The van der Waals surface area contributed by atoms with Gasteiger partial charge in [0.2, 0.25) is 0 Å². The van der Waals surface area contributed by atoms with E-state index >= 15 is 0 Å². The first-order valence-corrected chi connectivity index (χ1v) is 5.18. The molecule has 1 aliphatic carbocycles. The maximum Gasteiger partial charge on any atom is 0.123 e. The van der Waals surface area contributed by atoms with Crippen LogP contribution in [0.15, 0.2) is 55.2 Å². The molecule has 0 aromatic heterocycles. The fraction of sp³-hybridized carbons (Fsp3) is 0.143. The van der Waals surface area contributed by atoms with Gasteiger partial charge in [0, 0.05) is 17.0 Å². The molecule has 1 unspecified atom stereocenters. The minimum atomic E-state index is -0.369. The second-order valence-corrected chi connectivity index (χ2v) is 3.94. The van der Waals surface area contributed by atoms with E-state index in [0.29, 0.717) is 0 Å². The van der Waals surface area contributed by atoms with Gasteiger partial charge in [-0.15, -0.1) is 6.58 Å². The van der Waals surface area contributed by atoms with Crippen LogP contribution in [0.5, 0.6) is 11.5 Å². The van der Waals surface area contributed by atoms with Gasteiger partial charge in [0.05, 0.1) is 0 Å². The van der Waals surface area contributed by atoms with Gasteiger partial charge in [-0.05, 0) is 12.5 Å². The lowest BCUT2D eigenvalue weighted by atomic mass is 9.75. The standard InChI is InChI=1S/C14H14O2/c1-2-14(8-4-3-5-9-14)12-7-6-11(15)10-13(12)16/h2-8,10,15-16H,1,9H2. The van der Waals surface area contributed by atoms with Crippen LogP contribution < -0.4 is 0 Å². The SMILES string of the molecule is C=CC1(c2ccc(O)cc2O)C=CC=CC1. The zero-order valence-electron chi connectivity index (χ0n) is 8.93. The Kier molecular flexibility index (Phi) is 2.57. The number of phenolic OH excluding ortho intramolecular Hbond substituents is 2. The topological polar surface area (TPSA) is 40.5 Å². The number of benzene rings is 1. The smallest absolute Gasteiger partial charge is 0.123 e. The molecular formula is C14H14O2. The summed E-state index contributed by atoms with van der Waals surface area (Å²) in [6, 6.07) is 4.66. The van der Waals surface area contributed by atoms with E-state index < -0.39 is 0 Å². The highest BCUT2D eigenvalue weighted by Crippen LogP contribution is 2.39. The molecule has 0 aliphatic heterocycles. The van der Waals surface area contributed by atoms with E-state index in [1.54, 1.807) is 12.1 Å². The second kappa shape index (κ2) is 3.89. The highest BCUT2D eigenvalue weighted by Gasteiger charge is 2.28. The Hall–Kier alpha value is -1.96. The number of allylic oxidation sites excluding steroid dienone is 5. The minimum absolute atomic E-state index is 0.0655. The molecule has 0 radical (unpaired) electrons. The Morgan fingerprint density at radius 3 is 2.62 bits per heavy atom. The van der Waals surface area contributed by atoms with Gasteiger partial charge in [-0.25, -0.2) is 0 Å². The maximum absolute atomic E-state index is 9.87. The van der Waals surface area contributed by atoms with E-state index in [2.05, 4.69) is 6.58 Å². The fourth-order valence-corrected chi connectivity index (χ4v) is 2.01. The molecule has 82 valence electrons. The molecule has 0 saturated heterocycles. The van der Waals surface area contributed by atoms with E-state index in [1.165, 1.54) is 6.07 Å². The van der Waals surface area contributed by atoms with E-state index in [4.69, 9.17) is 0 Å². The third-order valence-electron chi connectivity index (χ3n) is 2.94. The fourth-order valence-electron chi connectivity index (χ4n) is 2.01. The number of hydrogen-bond acceptors (Lipinski definition) is 2. The van der Waals surface area contributed by atoms with Crippen molar-refractivity contribution >= 4 is 0 Å². The molecule has 2 N–H and O–H groups in total. The van der Waals surface area contributed by atoms with Gasteiger partial charge in [0.15, 0.2) is 0 Å². The van der Waals surface area contributed by atoms with Gasteiger partial charge >= 0.3 is 0 Å². The van der Waals surface area contributed by atoms with Gasteiger partial charge in [-0.1, -0.05) is 36.4 Å². The predicted octanol–water partition coefficient (Wildman–Crippen LogP) is 3.04. The van der Waals surface area contributed by atoms with Gasteiger partial charge in [-0.3, -0.25) is 0 Å². The summed E-state index contributed by atoms with van der Waals surface area (Å²) in [5, 5.41) is 19.1. The first-order chi connectivity index (χ1) is 7.68. The summed E-state index contributed by atoms with van der Waals surface area (Å²) in [5.41, 5.74) is 0.396. The van der Waals surface area contributed by atoms with Gasteiger partial charge < -0.3 is 10.2 Å². The largest absolute Gasteiger partial charge is 0.508 e. The summed E-state index contributed by atoms with van der Waals surface area (Å²) >= 11 is 0. The van der Waals surface area contributed by atoms with Crippen LogP contribution >= 0.6 is 0 Å². The summed E-state index contributed by atoms with van der Waals surface area (Å²) in [6.45, 7) is 3.84. The molecule has 0 bridgehead atoms. The van der Waals surface area contributed by atoms with Crippen molar-refractivity contribution in [1.82, 2.24) is 0 Å².